The number of non-ortho nitro benzene ring substituents is 1. The maximum absolute atomic E-state index is 12.1. The second-order valence-corrected chi connectivity index (χ2v) is 4.64. The van der Waals surface area contributed by atoms with Gasteiger partial charge in [0, 0.05) is 17.8 Å². The number of nitro groups is 1. The molecule has 2 rings (SSSR count). The van der Waals surface area contributed by atoms with Crippen molar-refractivity contribution in [2.45, 2.75) is 19.9 Å². The van der Waals surface area contributed by atoms with Gasteiger partial charge in [0.2, 0.25) is 0 Å². The Morgan fingerprint density at radius 1 is 1.36 bits per heavy atom. The summed E-state index contributed by atoms with van der Waals surface area (Å²) in [6.07, 6.45) is 0. The standard InChI is InChI=1S/C14H15N3O5/c1-3-22-13(18)11-8(2)15-14(19)16-12(11)9-4-6-10(7-5-9)17(20)21/h4-7,12H,3H2,1-2H3,(H2,15,16,19)/t12-/m0/s1. The average molecular weight is 305 g/mol. The van der Waals surface area contributed by atoms with Crippen LogP contribution in [0.25, 0.3) is 0 Å². The summed E-state index contributed by atoms with van der Waals surface area (Å²) < 4.78 is 5.00. The number of nitrogens with one attached hydrogen (secondary N) is 2. The molecule has 0 aliphatic carbocycles. The molecule has 0 unspecified atom stereocenters. The summed E-state index contributed by atoms with van der Waals surface area (Å²) in [6, 6.07) is 4.48. The van der Waals surface area contributed by atoms with Gasteiger partial charge in [-0.3, -0.25) is 10.1 Å². The van der Waals surface area contributed by atoms with Gasteiger partial charge in [0.15, 0.2) is 0 Å². The van der Waals surface area contributed by atoms with Crippen LogP contribution in [-0.2, 0) is 9.53 Å². The van der Waals surface area contributed by atoms with E-state index in [1.165, 1.54) is 24.3 Å². The fraction of sp³-hybridized carbons (Fsp3) is 0.286. The fourth-order valence-electron chi connectivity index (χ4n) is 2.21. The third-order valence-corrected chi connectivity index (χ3v) is 3.20. The molecule has 0 spiro atoms. The number of amides is 2. The van der Waals surface area contributed by atoms with Crippen LogP contribution in [0.2, 0.25) is 0 Å². The number of benzene rings is 1. The van der Waals surface area contributed by atoms with Gasteiger partial charge in [-0.15, -0.1) is 0 Å². The monoisotopic (exact) mass is 305 g/mol. The zero-order valence-electron chi connectivity index (χ0n) is 12.1. The molecule has 1 aromatic rings. The third-order valence-electron chi connectivity index (χ3n) is 3.20. The smallest absolute Gasteiger partial charge is 0.338 e. The molecule has 1 aliphatic heterocycles. The molecular formula is C14H15N3O5. The Kier molecular flexibility index (Phi) is 4.40. The number of rotatable bonds is 4. The Balaban J connectivity index is 2.40. The SMILES string of the molecule is CCOC(=O)C1=C(C)NC(=O)N[C@H]1c1ccc([N+](=O)[O-])cc1. The summed E-state index contributed by atoms with van der Waals surface area (Å²) in [7, 11) is 0. The van der Waals surface area contributed by atoms with Gasteiger partial charge in [-0.25, -0.2) is 9.59 Å². The van der Waals surface area contributed by atoms with Gasteiger partial charge in [0.1, 0.15) is 0 Å². The topological polar surface area (TPSA) is 111 Å². The Hall–Kier alpha value is -2.90. The molecule has 116 valence electrons. The van der Waals surface area contributed by atoms with Crippen molar-refractivity contribution in [3.63, 3.8) is 0 Å². The van der Waals surface area contributed by atoms with Crippen LogP contribution in [0, 0.1) is 10.1 Å². The molecule has 22 heavy (non-hydrogen) atoms. The van der Waals surface area contributed by atoms with E-state index in [1.54, 1.807) is 13.8 Å². The Labute approximate surface area is 126 Å². The zero-order valence-corrected chi connectivity index (χ0v) is 12.1. The number of ether oxygens (including phenoxy) is 1. The predicted molar refractivity (Wildman–Crippen MR) is 76.8 cm³/mol. The van der Waals surface area contributed by atoms with Crippen LogP contribution in [0.3, 0.4) is 0 Å². The van der Waals surface area contributed by atoms with Crippen molar-refractivity contribution in [2.24, 2.45) is 0 Å². The summed E-state index contributed by atoms with van der Waals surface area (Å²) in [5.74, 6) is -0.546. The fourth-order valence-corrected chi connectivity index (χ4v) is 2.21. The third kappa shape index (κ3) is 3.05. The number of hydrogen-bond acceptors (Lipinski definition) is 5. The van der Waals surface area contributed by atoms with Crippen molar-refractivity contribution in [3.8, 4) is 0 Å². The molecule has 0 saturated carbocycles. The maximum atomic E-state index is 12.1. The lowest BCUT2D eigenvalue weighted by molar-refractivity contribution is -0.384. The van der Waals surface area contributed by atoms with E-state index < -0.39 is 23.0 Å². The molecule has 1 aromatic carbocycles. The van der Waals surface area contributed by atoms with Gasteiger partial charge in [0.25, 0.3) is 5.69 Å². The van der Waals surface area contributed by atoms with Crippen LogP contribution in [0.4, 0.5) is 10.5 Å². The number of carbonyl (C=O) groups excluding carboxylic acids is 2. The highest BCUT2D eigenvalue weighted by Gasteiger charge is 2.32. The number of hydrogen-bond donors (Lipinski definition) is 2. The molecule has 0 saturated heterocycles. The van der Waals surface area contributed by atoms with Crippen molar-refractivity contribution in [1.29, 1.82) is 0 Å². The van der Waals surface area contributed by atoms with Crippen LogP contribution in [-0.4, -0.2) is 23.5 Å². The number of carbonyl (C=O) groups is 2. The lowest BCUT2D eigenvalue weighted by Gasteiger charge is -2.28. The van der Waals surface area contributed by atoms with Crippen LogP contribution in [0.5, 0.6) is 0 Å². The van der Waals surface area contributed by atoms with Crippen LogP contribution >= 0.6 is 0 Å². The number of allylic oxidation sites excluding steroid dienone is 1. The second kappa shape index (κ2) is 6.25. The molecule has 1 aliphatic rings. The summed E-state index contributed by atoms with van der Waals surface area (Å²) in [4.78, 5) is 33.9. The van der Waals surface area contributed by atoms with E-state index in [-0.39, 0.29) is 17.9 Å². The molecule has 0 aromatic heterocycles. The van der Waals surface area contributed by atoms with Gasteiger partial charge in [-0.05, 0) is 31.5 Å². The Bertz CT molecular complexity index is 651. The largest absolute Gasteiger partial charge is 0.463 e. The van der Waals surface area contributed by atoms with Crippen molar-refractivity contribution >= 4 is 17.7 Å². The van der Waals surface area contributed by atoms with Crippen molar-refractivity contribution in [2.75, 3.05) is 6.61 Å². The molecule has 0 bridgehead atoms. The first kappa shape index (κ1) is 15.5. The normalized spacial score (nSPS) is 17.5. The summed E-state index contributed by atoms with van der Waals surface area (Å²) >= 11 is 0. The molecule has 1 heterocycles. The molecule has 2 N–H and O–H groups in total. The first-order chi connectivity index (χ1) is 10.4. The Morgan fingerprint density at radius 2 is 2.00 bits per heavy atom. The lowest BCUT2D eigenvalue weighted by atomic mass is 9.95. The first-order valence-electron chi connectivity index (χ1n) is 6.63. The van der Waals surface area contributed by atoms with Gasteiger partial charge in [0.05, 0.1) is 23.1 Å². The molecule has 2 amide bonds. The van der Waals surface area contributed by atoms with Crippen LogP contribution in [0.15, 0.2) is 35.5 Å². The van der Waals surface area contributed by atoms with Crippen LogP contribution < -0.4 is 10.6 Å². The molecule has 1 atom stereocenters. The molecule has 8 heteroatoms. The average Bonchev–Trinajstić information content (AvgIpc) is 2.46. The highest BCUT2D eigenvalue weighted by molar-refractivity contribution is 5.95. The van der Waals surface area contributed by atoms with E-state index in [2.05, 4.69) is 10.6 Å². The minimum atomic E-state index is -0.714. The van der Waals surface area contributed by atoms with E-state index in [1.807, 2.05) is 0 Å². The maximum Gasteiger partial charge on any atom is 0.338 e. The minimum absolute atomic E-state index is 0.0672. The molecule has 8 nitrogen and oxygen atoms in total. The van der Waals surface area contributed by atoms with Crippen molar-refractivity contribution < 1.29 is 19.2 Å². The summed E-state index contributed by atoms with van der Waals surface area (Å²) in [5, 5.41) is 15.8. The highest BCUT2D eigenvalue weighted by Crippen LogP contribution is 2.28. The second-order valence-electron chi connectivity index (χ2n) is 4.64. The number of esters is 1. The van der Waals surface area contributed by atoms with E-state index in [4.69, 9.17) is 4.74 Å². The summed E-state index contributed by atoms with van der Waals surface area (Å²) in [5.41, 5.74) is 1.16. The minimum Gasteiger partial charge on any atom is -0.463 e. The predicted octanol–water partition coefficient (Wildman–Crippen LogP) is 1.79. The number of nitro benzene ring substituents is 1. The zero-order chi connectivity index (χ0) is 16.3. The van der Waals surface area contributed by atoms with Gasteiger partial charge in [-0.2, -0.15) is 0 Å². The molecular weight excluding hydrogens is 290 g/mol. The lowest BCUT2D eigenvalue weighted by Crippen LogP contribution is -2.45. The number of nitrogens with zero attached hydrogens (tertiary/aromatic N) is 1. The van der Waals surface area contributed by atoms with Gasteiger partial charge >= 0.3 is 12.0 Å². The van der Waals surface area contributed by atoms with E-state index in [0.29, 0.717) is 11.3 Å². The van der Waals surface area contributed by atoms with E-state index >= 15 is 0 Å². The van der Waals surface area contributed by atoms with Gasteiger partial charge < -0.3 is 15.4 Å². The van der Waals surface area contributed by atoms with E-state index in [0.717, 1.165) is 0 Å². The quantitative estimate of drug-likeness (QED) is 0.500. The summed E-state index contributed by atoms with van der Waals surface area (Å²) in [6.45, 7) is 3.49. The first-order valence-corrected chi connectivity index (χ1v) is 6.63. The molecule has 0 radical (unpaired) electrons. The van der Waals surface area contributed by atoms with E-state index in [9.17, 15) is 19.7 Å². The van der Waals surface area contributed by atoms with Crippen LogP contribution in [0.1, 0.15) is 25.5 Å². The molecule has 0 fully saturated rings. The van der Waals surface area contributed by atoms with Gasteiger partial charge in [-0.1, -0.05) is 0 Å². The van der Waals surface area contributed by atoms with Crippen molar-refractivity contribution in [1.82, 2.24) is 10.6 Å². The highest BCUT2D eigenvalue weighted by atomic mass is 16.6. The Morgan fingerprint density at radius 3 is 2.55 bits per heavy atom. The number of urea groups is 1. The van der Waals surface area contributed by atoms with Crippen molar-refractivity contribution in [3.05, 3.63) is 51.2 Å².